The summed E-state index contributed by atoms with van der Waals surface area (Å²) in [7, 11) is 0. The smallest absolute Gasteiger partial charge is 0.277 e. The van der Waals surface area contributed by atoms with Crippen LogP contribution >= 0.6 is 0 Å². The number of aromatic nitrogens is 5. The van der Waals surface area contributed by atoms with Gasteiger partial charge in [0.1, 0.15) is 11.3 Å². The van der Waals surface area contributed by atoms with Crippen LogP contribution in [0.4, 0.5) is 4.39 Å². The van der Waals surface area contributed by atoms with Crippen LogP contribution in [-0.2, 0) is 17.9 Å². The third-order valence-electron chi connectivity index (χ3n) is 4.46. The number of amides is 1. The van der Waals surface area contributed by atoms with E-state index in [-0.39, 0.29) is 31.0 Å². The van der Waals surface area contributed by atoms with Gasteiger partial charge in [0.2, 0.25) is 5.91 Å². The van der Waals surface area contributed by atoms with Crippen molar-refractivity contribution in [3.8, 4) is 5.69 Å². The lowest BCUT2D eigenvalue weighted by atomic mass is 10.2. The lowest BCUT2D eigenvalue weighted by Gasteiger charge is -2.09. The number of hydrogen-bond acceptors (Lipinski definition) is 5. The Kier molecular flexibility index (Phi) is 5.10. The van der Waals surface area contributed by atoms with Crippen LogP contribution in [0.25, 0.3) is 16.6 Å². The largest absolute Gasteiger partial charge is 0.352 e. The van der Waals surface area contributed by atoms with E-state index in [0.717, 1.165) is 0 Å². The van der Waals surface area contributed by atoms with Crippen LogP contribution in [0, 0.1) is 5.82 Å². The van der Waals surface area contributed by atoms with E-state index in [1.165, 1.54) is 17.1 Å². The van der Waals surface area contributed by atoms with Crippen LogP contribution in [-0.4, -0.2) is 30.5 Å². The highest BCUT2D eigenvalue weighted by Gasteiger charge is 2.09. The number of carbonyl (C=O) groups is 1. The van der Waals surface area contributed by atoms with E-state index in [2.05, 4.69) is 20.6 Å². The highest BCUT2D eigenvalue weighted by molar-refractivity contribution is 5.77. The topological polar surface area (TPSA) is 94.7 Å². The third kappa shape index (κ3) is 4.03. The summed E-state index contributed by atoms with van der Waals surface area (Å²) in [6.45, 7) is 0.286. The molecule has 2 aromatic carbocycles. The van der Waals surface area contributed by atoms with Crippen molar-refractivity contribution in [2.75, 3.05) is 0 Å². The zero-order chi connectivity index (χ0) is 20.2. The van der Waals surface area contributed by atoms with Crippen LogP contribution < -0.4 is 10.9 Å². The molecule has 0 atom stereocenters. The van der Waals surface area contributed by atoms with E-state index in [9.17, 15) is 14.0 Å². The maximum atomic E-state index is 14.3. The summed E-state index contributed by atoms with van der Waals surface area (Å²) >= 11 is 0. The average Bonchev–Trinajstić information content (AvgIpc) is 3.26. The van der Waals surface area contributed by atoms with Crippen LogP contribution in [0.5, 0.6) is 0 Å². The number of fused-ring (bicyclic) bond motifs is 1. The Balaban J connectivity index is 1.35. The first-order chi connectivity index (χ1) is 14.1. The zero-order valence-corrected chi connectivity index (χ0v) is 15.3. The molecule has 1 N–H and O–H groups in total. The molecule has 0 aliphatic carbocycles. The Morgan fingerprint density at radius 1 is 1.17 bits per heavy atom. The number of nitrogens with one attached hydrogen (secondary N) is 1. The summed E-state index contributed by atoms with van der Waals surface area (Å²) in [4.78, 5) is 28.4. The Hall–Kier alpha value is -3.88. The van der Waals surface area contributed by atoms with Crippen molar-refractivity contribution < 1.29 is 9.18 Å². The monoisotopic (exact) mass is 392 g/mol. The molecule has 0 unspecified atom stereocenters. The number of carbonyl (C=O) groups excluding carboxylic acids is 1. The second kappa shape index (κ2) is 8.01. The molecule has 0 saturated carbocycles. The second-order valence-corrected chi connectivity index (χ2v) is 6.42. The summed E-state index contributed by atoms with van der Waals surface area (Å²) in [5.74, 6) is -0.682. The van der Waals surface area contributed by atoms with Gasteiger partial charge in [-0.1, -0.05) is 23.4 Å². The Labute approximate surface area is 164 Å². The summed E-state index contributed by atoms with van der Waals surface area (Å²) in [6, 6.07) is 11.6. The number of nitrogens with zero attached hydrogens (tertiary/aromatic N) is 5. The number of benzene rings is 2. The van der Waals surface area contributed by atoms with E-state index in [1.807, 2.05) is 0 Å². The standard InChI is InChI=1S/C20H17FN6O2/c21-16-11-14(5-6-18(16)26-10-8-22-13-26)12-23-19(28)7-9-27-20(29)15-3-1-2-4-17(15)24-25-27/h1-6,8,10-11,13H,7,9,12H2,(H,23,28). The number of hydrogen-bond donors (Lipinski definition) is 1. The molecule has 4 aromatic rings. The lowest BCUT2D eigenvalue weighted by Crippen LogP contribution is -2.29. The molecule has 8 nitrogen and oxygen atoms in total. The molecule has 0 fully saturated rings. The first-order valence-electron chi connectivity index (χ1n) is 8.98. The number of aryl methyl sites for hydroxylation is 1. The maximum Gasteiger partial charge on any atom is 0.277 e. The molecule has 0 radical (unpaired) electrons. The van der Waals surface area contributed by atoms with Crippen LogP contribution in [0.2, 0.25) is 0 Å². The highest BCUT2D eigenvalue weighted by Crippen LogP contribution is 2.15. The molecule has 2 aromatic heterocycles. The van der Waals surface area contributed by atoms with Crippen molar-refractivity contribution in [3.63, 3.8) is 0 Å². The van der Waals surface area contributed by atoms with Crippen molar-refractivity contribution >= 4 is 16.8 Å². The molecule has 0 spiro atoms. The molecule has 1 amide bonds. The zero-order valence-electron chi connectivity index (χ0n) is 15.3. The van der Waals surface area contributed by atoms with Gasteiger partial charge in [0.15, 0.2) is 0 Å². The molecular weight excluding hydrogens is 375 g/mol. The van der Waals surface area contributed by atoms with E-state index in [0.29, 0.717) is 22.2 Å². The van der Waals surface area contributed by atoms with Gasteiger partial charge in [-0.05, 0) is 29.8 Å². The Morgan fingerprint density at radius 3 is 2.83 bits per heavy atom. The fourth-order valence-electron chi connectivity index (χ4n) is 2.94. The van der Waals surface area contributed by atoms with Crippen molar-refractivity contribution in [2.45, 2.75) is 19.5 Å². The molecule has 0 saturated heterocycles. The molecule has 2 heterocycles. The van der Waals surface area contributed by atoms with E-state index in [1.54, 1.807) is 53.4 Å². The summed E-state index contributed by atoms with van der Waals surface area (Å²) in [6.07, 6.45) is 4.79. The molecule has 146 valence electrons. The number of halogens is 1. The van der Waals surface area contributed by atoms with Gasteiger partial charge < -0.3 is 9.88 Å². The predicted octanol–water partition coefficient (Wildman–Crippen LogP) is 1.82. The fourth-order valence-corrected chi connectivity index (χ4v) is 2.94. The van der Waals surface area contributed by atoms with Gasteiger partial charge in [-0.15, -0.1) is 5.10 Å². The maximum absolute atomic E-state index is 14.3. The lowest BCUT2D eigenvalue weighted by molar-refractivity contribution is -0.121. The van der Waals surface area contributed by atoms with Crippen LogP contribution in [0.3, 0.4) is 0 Å². The fraction of sp³-hybridized carbons (Fsp3) is 0.150. The highest BCUT2D eigenvalue weighted by atomic mass is 19.1. The van der Waals surface area contributed by atoms with Gasteiger partial charge in [0.05, 0.1) is 23.9 Å². The first-order valence-corrected chi connectivity index (χ1v) is 8.98. The predicted molar refractivity (Wildman–Crippen MR) is 104 cm³/mol. The third-order valence-corrected chi connectivity index (χ3v) is 4.46. The van der Waals surface area contributed by atoms with Crippen LogP contribution in [0.1, 0.15) is 12.0 Å². The molecule has 0 aliphatic heterocycles. The SMILES string of the molecule is O=C(CCn1nnc2ccccc2c1=O)NCc1ccc(-n2ccnc2)c(F)c1. The van der Waals surface area contributed by atoms with E-state index < -0.39 is 5.82 Å². The van der Waals surface area contributed by atoms with Crippen molar-refractivity contribution in [1.82, 2.24) is 29.9 Å². The van der Waals surface area contributed by atoms with Crippen molar-refractivity contribution in [2.24, 2.45) is 0 Å². The van der Waals surface area contributed by atoms with Gasteiger partial charge in [0.25, 0.3) is 5.56 Å². The molecular formula is C20H17FN6O2. The summed E-state index contributed by atoms with van der Waals surface area (Å²) in [5.41, 5.74) is 1.23. The van der Waals surface area contributed by atoms with Crippen molar-refractivity contribution in [1.29, 1.82) is 0 Å². The van der Waals surface area contributed by atoms with E-state index >= 15 is 0 Å². The molecule has 9 heteroatoms. The van der Waals surface area contributed by atoms with Gasteiger partial charge in [-0.2, -0.15) is 0 Å². The Bertz CT molecular complexity index is 1220. The number of rotatable bonds is 6. The summed E-state index contributed by atoms with van der Waals surface area (Å²) in [5, 5.41) is 11.0. The first kappa shape index (κ1) is 18.5. The van der Waals surface area contributed by atoms with Gasteiger partial charge >= 0.3 is 0 Å². The normalized spacial score (nSPS) is 10.9. The second-order valence-electron chi connectivity index (χ2n) is 6.42. The summed E-state index contributed by atoms with van der Waals surface area (Å²) < 4.78 is 17.0. The van der Waals surface area contributed by atoms with Gasteiger partial charge in [0, 0.05) is 25.4 Å². The Morgan fingerprint density at radius 2 is 2.03 bits per heavy atom. The molecule has 0 aliphatic rings. The van der Waals surface area contributed by atoms with Crippen LogP contribution in [0.15, 0.2) is 66.0 Å². The minimum Gasteiger partial charge on any atom is -0.352 e. The molecule has 4 rings (SSSR count). The average molecular weight is 392 g/mol. The minimum atomic E-state index is -0.410. The van der Waals surface area contributed by atoms with Gasteiger partial charge in [-0.25, -0.2) is 14.1 Å². The van der Waals surface area contributed by atoms with Crippen molar-refractivity contribution in [3.05, 3.63) is 82.9 Å². The molecule has 0 bridgehead atoms. The quantitative estimate of drug-likeness (QED) is 0.540. The minimum absolute atomic E-state index is 0.0581. The number of imidazole rings is 1. The van der Waals surface area contributed by atoms with Gasteiger partial charge in [-0.3, -0.25) is 9.59 Å². The van der Waals surface area contributed by atoms with E-state index in [4.69, 9.17) is 0 Å². The molecule has 29 heavy (non-hydrogen) atoms.